The van der Waals surface area contributed by atoms with Crippen molar-refractivity contribution < 1.29 is 0 Å². The molecule has 0 aliphatic carbocycles. The third-order valence-corrected chi connectivity index (χ3v) is 3.18. The molecular weight excluding hydrogens is 244 g/mol. The van der Waals surface area contributed by atoms with E-state index in [0.29, 0.717) is 0 Å². The van der Waals surface area contributed by atoms with Crippen LogP contribution in [0, 0.1) is 0 Å². The molecule has 0 aliphatic heterocycles. The summed E-state index contributed by atoms with van der Waals surface area (Å²) in [6, 6.07) is 18.0. The van der Waals surface area contributed by atoms with Crippen molar-refractivity contribution in [2.45, 2.75) is 0 Å². The van der Waals surface area contributed by atoms with Gasteiger partial charge in [0.2, 0.25) is 0 Å². The molecule has 3 aromatic rings. The Labute approximate surface area is 118 Å². The maximum absolute atomic E-state index is 4.47. The number of hydrogen-bond acceptors (Lipinski definition) is 2. The Morgan fingerprint density at radius 1 is 0.750 bits per heavy atom. The van der Waals surface area contributed by atoms with Crippen LogP contribution < -0.4 is 0 Å². The van der Waals surface area contributed by atoms with Gasteiger partial charge in [0.15, 0.2) is 0 Å². The number of hydrogen-bond donors (Lipinski definition) is 0. The fourth-order valence-electron chi connectivity index (χ4n) is 2.27. The molecule has 2 heteroatoms. The molecule has 2 heterocycles. The summed E-state index contributed by atoms with van der Waals surface area (Å²) in [6.07, 6.45) is 5.46. The van der Waals surface area contributed by atoms with Crippen LogP contribution in [0.1, 0.15) is 5.56 Å². The van der Waals surface area contributed by atoms with Crippen molar-refractivity contribution in [3.63, 3.8) is 0 Å². The zero-order chi connectivity index (χ0) is 13.8. The highest BCUT2D eigenvalue weighted by Crippen LogP contribution is 2.33. The molecule has 1 aromatic carbocycles. The fourth-order valence-corrected chi connectivity index (χ4v) is 2.27. The van der Waals surface area contributed by atoms with Crippen LogP contribution in [-0.2, 0) is 0 Å². The van der Waals surface area contributed by atoms with Gasteiger partial charge in [-0.3, -0.25) is 9.97 Å². The highest BCUT2D eigenvalue weighted by Gasteiger charge is 2.12. The standard InChI is InChI=1S/C18H14N2/c1-2-14-8-7-9-15(16-10-3-5-12-19-16)18(14)17-11-4-6-13-20-17/h2-13H,1H2. The van der Waals surface area contributed by atoms with Crippen molar-refractivity contribution in [3.8, 4) is 22.5 Å². The SMILES string of the molecule is C=Cc1cccc(-c2ccccn2)c1-c1ccccn1. The van der Waals surface area contributed by atoms with Gasteiger partial charge in [-0.1, -0.05) is 43.0 Å². The van der Waals surface area contributed by atoms with E-state index in [-0.39, 0.29) is 0 Å². The van der Waals surface area contributed by atoms with Crippen LogP contribution in [0.4, 0.5) is 0 Å². The molecule has 0 saturated carbocycles. The van der Waals surface area contributed by atoms with Crippen molar-refractivity contribution >= 4 is 6.08 Å². The van der Waals surface area contributed by atoms with Gasteiger partial charge in [0.1, 0.15) is 0 Å². The number of nitrogens with zero attached hydrogens (tertiary/aromatic N) is 2. The van der Waals surface area contributed by atoms with Crippen LogP contribution in [0.5, 0.6) is 0 Å². The molecule has 0 fully saturated rings. The average molecular weight is 258 g/mol. The lowest BCUT2D eigenvalue weighted by molar-refractivity contribution is 1.30. The summed E-state index contributed by atoms with van der Waals surface area (Å²) >= 11 is 0. The third kappa shape index (κ3) is 2.24. The van der Waals surface area contributed by atoms with Crippen LogP contribution in [-0.4, -0.2) is 9.97 Å². The van der Waals surface area contributed by atoms with Gasteiger partial charge in [0.25, 0.3) is 0 Å². The van der Waals surface area contributed by atoms with Gasteiger partial charge >= 0.3 is 0 Å². The molecule has 0 radical (unpaired) electrons. The second-order valence-electron chi connectivity index (χ2n) is 4.40. The summed E-state index contributed by atoms with van der Waals surface area (Å²) < 4.78 is 0. The molecule has 96 valence electrons. The predicted octanol–water partition coefficient (Wildman–Crippen LogP) is 4.45. The van der Waals surface area contributed by atoms with E-state index in [1.807, 2.05) is 54.6 Å². The van der Waals surface area contributed by atoms with Gasteiger partial charge in [-0.15, -0.1) is 0 Å². The van der Waals surface area contributed by atoms with Gasteiger partial charge in [0, 0.05) is 23.5 Å². The van der Waals surface area contributed by atoms with Crippen molar-refractivity contribution in [3.05, 3.63) is 79.1 Å². The maximum atomic E-state index is 4.47. The predicted molar refractivity (Wildman–Crippen MR) is 83.0 cm³/mol. The molecule has 0 saturated heterocycles. The zero-order valence-corrected chi connectivity index (χ0v) is 11.0. The number of pyridine rings is 2. The molecule has 2 aromatic heterocycles. The van der Waals surface area contributed by atoms with Gasteiger partial charge in [-0.25, -0.2) is 0 Å². The molecule has 0 bridgehead atoms. The van der Waals surface area contributed by atoms with Crippen molar-refractivity contribution in [1.29, 1.82) is 0 Å². The van der Waals surface area contributed by atoms with Gasteiger partial charge in [-0.05, 0) is 29.8 Å². The van der Waals surface area contributed by atoms with E-state index in [0.717, 1.165) is 28.1 Å². The maximum Gasteiger partial charge on any atom is 0.0714 e. The smallest absolute Gasteiger partial charge is 0.0714 e. The number of benzene rings is 1. The third-order valence-electron chi connectivity index (χ3n) is 3.18. The van der Waals surface area contributed by atoms with E-state index < -0.39 is 0 Å². The Morgan fingerprint density at radius 3 is 2.05 bits per heavy atom. The van der Waals surface area contributed by atoms with Crippen LogP contribution in [0.15, 0.2) is 73.6 Å². The first kappa shape index (κ1) is 12.3. The van der Waals surface area contributed by atoms with Gasteiger partial charge < -0.3 is 0 Å². The topological polar surface area (TPSA) is 25.8 Å². The summed E-state index contributed by atoms with van der Waals surface area (Å²) in [5.74, 6) is 0. The van der Waals surface area contributed by atoms with Crippen LogP contribution in [0.3, 0.4) is 0 Å². The lowest BCUT2D eigenvalue weighted by atomic mass is 9.95. The largest absolute Gasteiger partial charge is 0.256 e. The van der Waals surface area contributed by atoms with Crippen molar-refractivity contribution in [2.24, 2.45) is 0 Å². The first-order valence-corrected chi connectivity index (χ1v) is 6.48. The Bertz CT molecular complexity index is 719. The Morgan fingerprint density at radius 2 is 1.45 bits per heavy atom. The zero-order valence-electron chi connectivity index (χ0n) is 11.0. The average Bonchev–Trinajstić information content (AvgIpc) is 2.55. The summed E-state index contributed by atoms with van der Waals surface area (Å²) in [4.78, 5) is 8.92. The Hall–Kier alpha value is -2.74. The monoisotopic (exact) mass is 258 g/mol. The molecule has 0 atom stereocenters. The molecule has 3 rings (SSSR count). The fraction of sp³-hybridized carbons (Fsp3) is 0. The summed E-state index contributed by atoms with van der Waals surface area (Å²) in [5.41, 5.74) is 5.08. The van der Waals surface area contributed by atoms with Crippen LogP contribution in [0.2, 0.25) is 0 Å². The highest BCUT2D eigenvalue weighted by atomic mass is 14.7. The lowest BCUT2D eigenvalue weighted by Crippen LogP contribution is -1.92. The second kappa shape index (κ2) is 5.49. The summed E-state index contributed by atoms with van der Waals surface area (Å²) in [5, 5.41) is 0. The van der Waals surface area contributed by atoms with Crippen LogP contribution in [0.25, 0.3) is 28.6 Å². The first-order chi connectivity index (χ1) is 9.90. The normalized spacial score (nSPS) is 10.2. The van der Waals surface area contributed by atoms with Gasteiger partial charge in [0.05, 0.1) is 11.4 Å². The van der Waals surface area contributed by atoms with E-state index in [1.54, 1.807) is 12.4 Å². The summed E-state index contributed by atoms with van der Waals surface area (Å²) in [7, 11) is 0. The minimum absolute atomic E-state index is 0.934. The molecule has 20 heavy (non-hydrogen) atoms. The highest BCUT2D eigenvalue weighted by molar-refractivity contribution is 5.86. The Balaban J connectivity index is 2.29. The summed E-state index contributed by atoms with van der Waals surface area (Å²) in [6.45, 7) is 3.90. The van der Waals surface area contributed by atoms with Crippen molar-refractivity contribution in [1.82, 2.24) is 9.97 Å². The number of aromatic nitrogens is 2. The Kier molecular flexibility index (Phi) is 3.38. The van der Waals surface area contributed by atoms with E-state index in [4.69, 9.17) is 0 Å². The van der Waals surface area contributed by atoms with Crippen LogP contribution >= 0.6 is 0 Å². The molecule has 2 nitrogen and oxygen atoms in total. The molecule has 0 aliphatic rings. The van der Waals surface area contributed by atoms with E-state index in [1.165, 1.54) is 0 Å². The van der Waals surface area contributed by atoms with E-state index in [9.17, 15) is 0 Å². The second-order valence-corrected chi connectivity index (χ2v) is 4.40. The molecule has 0 amide bonds. The van der Waals surface area contributed by atoms with Gasteiger partial charge in [-0.2, -0.15) is 0 Å². The van der Waals surface area contributed by atoms with E-state index in [2.05, 4.69) is 22.6 Å². The first-order valence-electron chi connectivity index (χ1n) is 6.48. The minimum atomic E-state index is 0.934. The molecule has 0 unspecified atom stereocenters. The minimum Gasteiger partial charge on any atom is -0.256 e. The molecule has 0 N–H and O–H groups in total. The van der Waals surface area contributed by atoms with E-state index >= 15 is 0 Å². The molecular formula is C18H14N2. The lowest BCUT2D eigenvalue weighted by Gasteiger charge is -2.12. The van der Waals surface area contributed by atoms with Crippen molar-refractivity contribution in [2.75, 3.05) is 0 Å². The number of rotatable bonds is 3. The quantitative estimate of drug-likeness (QED) is 0.693. The molecule has 0 spiro atoms.